The molecular weight excluding hydrogens is 675 g/mol. The lowest BCUT2D eigenvalue weighted by Crippen LogP contribution is -2.22. The van der Waals surface area contributed by atoms with Gasteiger partial charge in [0.25, 0.3) is 0 Å². The van der Waals surface area contributed by atoms with Crippen molar-refractivity contribution in [2.75, 3.05) is 10.6 Å². The number of nitrogens with zero attached hydrogens (tertiary/aromatic N) is 4. The first kappa shape index (κ1) is 35.6. The third-order valence-electron chi connectivity index (χ3n) is 5.97. The fourth-order valence-corrected chi connectivity index (χ4v) is 5.68. The summed E-state index contributed by atoms with van der Waals surface area (Å²) in [5, 5.41) is 42.5. The summed E-state index contributed by atoms with van der Waals surface area (Å²) >= 11 is 13.9. The van der Waals surface area contributed by atoms with Gasteiger partial charge < -0.3 is 20.8 Å². The predicted molar refractivity (Wildman–Crippen MR) is 175 cm³/mol. The van der Waals surface area contributed by atoms with Crippen LogP contribution < -0.4 is 10.6 Å². The number of amides is 2. The second kappa shape index (κ2) is 16.5. The molecule has 46 heavy (non-hydrogen) atoms. The number of nitriles is 2. The lowest BCUT2D eigenvalue weighted by atomic mass is 10.1. The fourth-order valence-electron chi connectivity index (χ4n) is 3.73. The lowest BCUT2D eigenvalue weighted by Gasteiger charge is -2.07. The number of carboxylic acid groups (broad SMARTS) is 2. The van der Waals surface area contributed by atoms with Crippen LogP contribution in [0.15, 0.2) is 48.5 Å². The number of carbonyl (C=O) groups excluding carboxylic acids is 2. The smallest absolute Gasteiger partial charge is 0.304 e. The van der Waals surface area contributed by atoms with Crippen molar-refractivity contribution in [1.82, 2.24) is 9.97 Å². The molecule has 4 N–H and O–H groups in total. The van der Waals surface area contributed by atoms with Crippen molar-refractivity contribution in [3.05, 3.63) is 68.3 Å². The number of thiazole rings is 2. The van der Waals surface area contributed by atoms with Crippen LogP contribution >= 0.6 is 45.9 Å². The van der Waals surface area contributed by atoms with Gasteiger partial charge >= 0.3 is 11.9 Å². The van der Waals surface area contributed by atoms with Crippen LogP contribution in [0.4, 0.5) is 10.3 Å². The van der Waals surface area contributed by atoms with Crippen molar-refractivity contribution in [3.8, 4) is 34.7 Å². The maximum atomic E-state index is 11.9. The van der Waals surface area contributed by atoms with Gasteiger partial charge in [-0.2, -0.15) is 10.5 Å². The molecule has 236 valence electrons. The highest BCUT2D eigenvalue weighted by Gasteiger charge is 2.21. The van der Waals surface area contributed by atoms with E-state index in [1.165, 1.54) is 13.8 Å². The third-order valence-corrected chi connectivity index (χ3v) is 8.19. The summed E-state index contributed by atoms with van der Waals surface area (Å²) < 4.78 is 0. The van der Waals surface area contributed by atoms with Gasteiger partial charge in [-0.1, -0.05) is 84.0 Å². The standard InChI is InChI=1S/2C15H12ClN3O3S/c2*1-8(5-12(20)21)14(22)19-15-18-13(11(7-17)23-15)9-3-2-4-10(16)6-9/h2*2-4,6,8H,5H2,1H3,(H,20,21)(H,18,19,22)/t8-;/m1./s1. The molecule has 4 aromatic rings. The minimum absolute atomic E-state index is 0.249. The van der Waals surface area contributed by atoms with E-state index in [2.05, 4.69) is 20.6 Å². The van der Waals surface area contributed by atoms with Crippen LogP contribution in [0.5, 0.6) is 0 Å². The second-order valence-corrected chi connectivity index (χ2v) is 12.5. The monoisotopic (exact) mass is 698 g/mol. The maximum absolute atomic E-state index is 11.9. The molecule has 2 amide bonds. The molecule has 1 unspecified atom stereocenters. The first-order chi connectivity index (χ1) is 21.8. The van der Waals surface area contributed by atoms with Gasteiger partial charge in [0.1, 0.15) is 33.3 Å². The molecule has 0 radical (unpaired) electrons. The van der Waals surface area contributed by atoms with Gasteiger partial charge in [0.05, 0.1) is 12.8 Å². The van der Waals surface area contributed by atoms with Crippen LogP contribution in [0.1, 0.15) is 36.4 Å². The molecule has 0 saturated heterocycles. The van der Waals surface area contributed by atoms with E-state index in [0.29, 0.717) is 42.3 Å². The number of anilines is 2. The Labute approximate surface area is 280 Å². The average Bonchev–Trinajstić information content (AvgIpc) is 3.60. The zero-order valence-corrected chi connectivity index (χ0v) is 27.2. The topological polar surface area (TPSA) is 206 Å². The molecule has 0 aliphatic carbocycles. The number of carboxylic acids is 2. The molecule has 12 nitrogen and oxygen atoms in total. The van der Waals surface area contributed by atoms with Crippen molar-refractivity contribution in [1.29, 1.82) is 10.5 Å². The van der Waals surface area contributed by atoms with E-state index in [4.69, 9.17) is 33.4 Å². The van der Waals surface area contributed by atoms with Crippen LogP contribution in [0.2, 0.25) is 10.0 Å². The van der Waals surface area contributed by atoms with Gasteiger partial charge in [-0.15, -0.1) is 0 Å². The highest BCUT2D eigenvalue weighted by molar-refractivity contribution is 7.17. The average molecular weight is 700 g/mol. The summed E-state index contributed by atoms with van der Waals surface area (Å²) in [4.78, 5) is 54.3. The highest BCUT2D eigenvalue weighted by atomic mass is 35.5. The first-order valence-corrected chi connectivity index (χ1v) is 15.6. The van der Waals surface area contributed by atoms with Crippen LogP contribution in [0.3, 0.4) is 0 Å². The van der Waals surface area contributed by atoms with E-state index >= 15 is 0 Å². The summed E-state index contributed by atoms with van der Waals surface area (Å²) in [6, 6.07) is 17.9. The van der Waals surface area contributed by atoms with Crippen LogP contribution in [-0.4, -0.2) is 43.9 Å². The molecular formula is C30H24Cl2N6O6S2. The van der Waals surface area contributed by atoms with Crippen molar-refractivity contribution >= 4 is 79.9 Å². The second-order valence-electron chi connectivity index (χ2n) is 9.61. The van der Waals surface area contributed by atoms with Crippen molar-refractivity contribution in [2.45, 2.75) is 26.7 Å². The Morgan fingerprint density at radius 2 is 1.13 bits per heavy atom. The number of nitrogens with one attached hydrogen (secondary N) is 2. The zero-order valence-electron chi connectivity index (χ0n) is 24.1. The number of aliphatic carboxylic acids is 2. The molecule has 2 aromatic carbocycles. The number of hydrogen-bond donors (Lipinski definition) is 4. The Bertz CT molecular complexity index is 1730. The molecule has 2 atom stereocenters. The number of aromatic nitrogens is 2. The summed E-state index contributed by atoms with van der Waals surface area (Å²) in [5.41, 5.74) is 2.20. The minimum atomic E-state index is -1.05. The Hall–Kier alpha value is -4.86. The van der Waals surface area contributed by atoms with E-state index in [1.807, 2.05) is 12.1 Å². The first-order valence-electron chi connectivity index (χ1n) is 13.2. The van der Waals surface area contributed by atoms with Gasteiger partial charge in [0.15, 0.2) is 10.3 Å². The van der Waals surface area contributed by atoms with E-state index < -0.39 is 35.6 Å². The molecule has 4 rings (SSSR count). The van der Waals surface area contributed by atoms with E-state index in [-0.39, 0.29) is 23.1 Å². The van der Waals surface area contributed by atoms with E-state index in [0.717, 1.165) is 22.7 Å². The molecule has 0 saturated carbocycles. The highest BCUT2D eigenvalue weighted by Crippen LogP contribution is 2.33. The SMILES string of the molecule is CC(CC(=O)O)C(=O)Nc1nc(-c2cccc(Cl)c2)c(C#N)s1.C[C@H](CC(=O)O)C(=O)Nc1nc(-c2cccc(Cl)c2)c(C#N)s1. The molecule has 0 fully saturated rings. The van der Waals surface area contributed by atoms with Crippen molar-refractivity contribution < 1.29 is 29.4 Å². The summed E-state index contributed by atoms with van der Waals surface area (Å²) in [7, 11) is 0. The zero-order chi connectivity index (χ0) is 34.0. The van der Waals surface area contributed by atoms with Crippen molar-refractivity contribution in [2.24, 2.45) is 11.8 Å². The molecule has 0 aliphatic rings. The number of benzene rings is 2. The van der Waals surface area contributed by atoms with Crippen molar-refractivity contribution in [3.63, 3.8) is 0 Å². The molecule has 0 bridgehead atoms. The van der Waals surface area contributed by atoms with Crippen LogP contribution in [-0.2, 0) is 19.2 Å². The van der Waals surface area contributed by atoms with E-state index in [1.54, 1.807) is 48.5 Å². The Morgan fingerprint density at radius 1 is 0.761 bits per heavy atom. The maximum Gasteiger partial charge on any atom is 0.304 e. The predicted octanol–water partition coefficient (Wildman–Crippen LogP) is 6.77. The van der Waals surface area contributed by atoms with Gasteiger partial charge in [-0.3, -0.25) is 19.2 Å². The quantitative estimate of drug-likeness (QED) is 0.137. The Morgan fingerprint density at radius 3 is 1.43 bits per heavy atom. The third kappa shape index (κ3) is 10.1. The molecule has 0 aliphatic heterocycles. The van der Waals surface area contributed by atoms with Gasteiger partial charge in [0.2, 0.25) is 11.8 Å². The van der Waals surface area contributed by atoms with E-state index in [9.17, 15) is 29.7 Å². The summed E-state index contributed by atoms with van der Waals surface area (Å²) in [5.74, 6) is -4.41. The largest absolute Gasteiger partial charge is 0.481 e. The molecule has 16 heteroatoms. The molecule has 2 heterocycles. The van der Waals surface area contributed by atoms with Crippen LogP contribution in [0.25, 0.3) is 22.5 Å². The van der Waals surface area contributed by atoms with Crippen LogP contribution in [0, 0.1) is 34.5 Å². The number of carbonyl (C=O) groups is 4. The minimum Gasteiger partial charge on any atom is -0.481 e. The van der Waals surface area contributed by atoms with Gasteiger partial charge in [-0.25, -0.2) is 9.97 Å². The number of halogens is 2. The van der Waals surface area contributed by atoms with Gasteiger partial charge in [0, 0.05) is 33.0 Å². The Kier molecular flexibility index (Phi) is 12.7. The van der Waals surface area contributed by atoms with Gasteiger partial charge in [-0.05, 0) is 24.3 Å². The summed E-state index contributed by atoms with van der Waals surface area (Å²) in [6.07, 6.45) is -0.549. The number of rotatable bonds is 10. The molecule has 2 aromatic heterocycles. The lowest BCUT2D eigenvalue weighted by molar-refractivity contribution is -0.140. The fraction of sp³-hybridized carbons (Fsp3) is 0.200. The Balaban J connectivity index is 0.000000250. The normalized spacial score (nSPS) is 11.5. The number of hydrogen-bond acceptors (Lipinski definition) is 10. The summed E-state index contributed by atoms with van der Waals surface area (Å²) in [6.45, 7) is 3.03. The molecule has 0 spiro atoms.